The minimum Gasteiger partial charge on any atom is -0.389 e. The van der Waals surface area contributed by atoms with E-state index >= 15 is 0 Å². The number of benzene rings is 2. The summed E-state index contributed by atoms with van der Waals surface area (Å²) < 4.78 is 27.2. The first-order valence-electron chi connectivity index (χ1n) is 5.93. The first-order valence-corrected chi connectivity index (χ1v) is 7.82. The van der Waals surface area contributed by atoms with Crippen molar-refractivity contribution in [2.75, 3.05) is 0 Å². The van der Waals surface area contributed by atoms with E-state index in [1.165, 1.54) is 6.07 Å². The zero-order valence-corrected chi connectivity index (χ0v) is 12.2. The summed E-state index contributed by atoms with van der Waals surface area (Å²) in [6.07, 6.45) is 0. The zero-order valence-electron chi connectivity index (χ0n) is 10.6. The predicted octanol–water partition coefficient (Wildman–Crippen LogP) is 1.80. The molecule has 0 fully saturated rings. The van der Waals surface area contributed by atoms with Crippen LogP contribution in [0.4, 0.5) is 0 Å². The van der Waals surface area contributed by atoms with Crippen molar-refractivity contribution in [1.82, 2.24) is 4.72 Å². The summed E-state index contributed by atoms with van der Waals surface area (Å²) in [6, 6.07) is 15.7. The molecule has 104 valence electrons. The largest absolute Gasteiger partial charge is 0.389 e. The van der Waals surface area contributed by atoms with Crippen molar-refractivity contribution >= 4 is 27.2 Å². The Labute approximate surface area is 123 Å². The van der Waals surface area contributed by atoms with Gasteiger partial charge in [0.25, 0.3) is 0 Å². The van der Waals surface area contributed by atoms with E-state index < -0.39 is 10.0 Å². The number of rotatable bonds is 5. The molecule has 0 bridgehead atoms. The molecule has 0 saturated carbocycles. The van der Waals surface area contributed by atoms with Crippen LogP contribution in [0, 0.1) is 0 Å². The highest BCUT2D eigenvalue weighted by atomic mass is 32.2. The molecule has 0 amide bonds. The maximum atomic E-state index is 12.3. The van der Waals surface area contributed by atoms with Crippen molar-refractivity contribution in [2.24, 2.45) is 5.73 Å². The van der Waals surface area contributed by atoms with Crippen LogP contribution in [0.3, 0.4) is 0 Å². The van der Waals surface area contributed by atoms with Crippen LogP contribution in [0.1, 0.15) is 11.1 Å². The van der Waals surface area contributed by atoms with Gasteiger partial charge in [-0.1, -0.05) is 60.7 Å². The van der Waals surface area contributed by atoms with Gasteiger partial charge in [-0.2, -0.15) is 0 Å². The molecule has 0 atom stereocenters. The standard InChI is InChI=1S/C14H14N2O2S2/c15-14(19)12-8-4-5-9-13(12)20(17,18)16-10-11-6-2-1-3-7-11/h1-9,16H,10H2,(H2,15,19). The summed E-state index contributed by atoms with van der Waals surface area (Å²) in [6.45, 7) is 0.217. The highest BCUT2D eigenvalue weighted by Crippen LogP contribution is 2.15. The summed E-state index contributed by atoms with van der Waals surface area (Å²) in [7, 11) is -3.65. The molecule has 3 N–H and O–H groups in total. The minimum atomic E-state index is -3.65. The summed E-state index contributed by atoms with van der Waals surface area (Å²) in [5.74, 6) is 0. The monoisotopic (exact) mass is 306 g/mol. The number of hydrogen-bond acceptors (Lipinski definition) is 3. The Morgan fingerprint density at radius 2 is 1.65 bits per heavy atom. The van der Waals surface area contributed by atoms with Crippen LogP contribution in [0.2, 0.25) is 0 Å². The van der Waals surface area contributed by atoms with E-state index in [1.807, 2.05) is 30.3 Å². The van der Waals surface area contributed by atoms with Crippen LogP contribution in [0.25, 0.3) is 0 Å². The Balaban J connectivity index is 2.25. The average Bonchev–Trinajstić information content (AvgIpc) is 2.46. The predicted molar refractivity (Wildman–Crippen MR) is 82.8 cm³/mol. The van der Waals surface area contributed by atoms with Gasteiger partial charge < -0.3 is 5.73 Å². The van der Waals surface area contributed by atoms with Crippen LogP contribution in [0.15, 0.2) is 59.5 Å². The number of nitrogens with one attached hydrogen (secondary N) is 1. The molecule has 0 aliphatic carbocycles. The fraction of sp³-hybridized carbons (Fsp3) is 0.0714. The summed E-state index contributed by atoms with van der Waals surface area (Å²) in [5, 5.41) is 0. The molecule has 0 aromatic heterocycles. The lowest BCUT2D eigenvalue weighted by molar-refractivity contribution is 0.581. The van der Waals surface area contributed by atoms with E-state index in [1.54, 1.807) is 18.2 Å². The highest BCUT2D eigenvalue weighted by molar-refractivity contribution is 7.89. The minimum absolute atomic E-state index is 0.0608. The SMILES string of the molecule is NC(=S)c1ccccc1S(=O)(=O)NCc1ccccc1. The molecule has 0 radical (unpaired) electrons. The Hall–Kier alpha value is -1.76. The van der Waals surface area contributed by atoms with E-state index in [-0.39, 0.29) is 16.4 Å². The van der Waals surface area contributed by atoms with E-state index in [2.05, 4.69) is 4.72 Å². The van der Waals surface area contributed by atoms with Crippen molar-refractivity contribution in [3.63, 3.8) is 0 Å². The lowest BCUT2D eigenvalue weighted by Gasteiger charge is -2.10. The van der Waals surface area contributed by atoms with Gasteiger partial charge >= 0.3 is 0 Å². The fourth-order valence-corrected chi connectivity index (χ4v) is 3.24. The Morgan fingerprint density at radius 1 is 1.05 bits per heavy atom. The summed E-state index contributed by atoms with van der Waals surface area (Å²) >= 11 is 4.88. The molecule has 0 aliphatic rings. The molecule has 0 aliphatic heterocycles. The molecule has 0 spiro atoms. The van der Waals surface area contributed by atoms with Gasteiger partial charge in [-0.15, -0.1) is 0 Å². The van der Waals surface area contributed by atoms with Crippen molar-refractivity contribution < 1.29 is 8.42 Å². The molecule has 4 nitrogen and oxygen atoms in total. The lowest BCUT2D eigenvalue weighted by atomic mass is 10.2. The van der Waals surface area contributed by atoms with Crippen molar-refractivity contribution in [1.29, 1.82) is 0 Å². The van der Waals surface area contributed by atoms with Gasteiger partial charge in [0.05, 0.1) is 4.90 Å². The first kappa shape index (κ1) is 14.6. The van der Waals surface area contributed by atoms with E-state index in [0.717, 1.165) is 5.56 Å². The molecule has 2 aromatic carbocycles. The van der Waals surface area contributed by atoms with Gasteiger partial charge in [-0.25, -0.2) is 13.1 Å². The highest BCUT2D eigenvalue weighted by Gasteiger charge is 2.18. The maximum Gasteiger partial charge on any atom is 0.241 e. The summed E-state index contributed by atoms with van der Waals surface area (Å²) in [4.78, 5) is 0.161. The van der Waals surface area contributed by atoms with Gasteiger partial charge in [-0.05, 0) is 11.6 Å². The maximum absolute atomic E-state index is 12.3. The zero-order chi connectivity index (χ0) is 14.6. The molecular formula is C14H14N2O2S2. The number of thiocarbonyl (C=S) groups is 1. The van der Waals surface area contributed by atoms with E-state index in [4.69, 9.17) is 18.0 Å². The van der Waals surface area contributed by atoms with Gasteiger partial charge in [0, 0.05) is 12.1 Å². The topological polar surface area (TPSA) is 72.2 Å². The Morgan fingerprint density at radius 3 is 2.30 bits per heavy atom. The van der Waals surface area contributed by atoms with Gasteiger partial charge in [0.1, 0.15) is 4.99 Å². The number of sulfonamides is 1. The number of nitrogens with two attached hydrogens (primary N) is 1. The fourth-order valence-electron chi connectivity index (χ4n) is 1.76. The summed E-state index contributed by atoms with van der Waals surface area (Å²) in [5.41, 5.74) is 6.79. The quantitative estimate of drug-likeness (QED) is 0.826. The van der Waals surface area contributed by atoms with Crippen LogP contribution in [-0.4, -0.2) is 13.4 Å². The van der Waals surface area contributed by atoms with Crippen molar-refractivity contribution in [2.45, 2.75) is 11.4 Å². The smallest absolute Gasteiger partial charge is 0.241 e. The third kappa shape index (κ3) is 3.41. The van der Waals surface area contributed by atoms with Gasteiger partial charge in [-0.3, -0.25) is 0 Å². The molecule has 0 heterocycles. The average molecular weight is 306 g/mol. The van der Waals surface area contributed by atoms with E-state index in [0.29, 0.717) is 5.56 Å². The van der Waals surface area contributed by atoms with Gasteiger partial charge in [0.15, 0.2) is 0 Å². The second-order valence-corrected chi connectivity index (χ2v) is 6.35. The third-order valence-electron chi connectivity index (χ3n) is 2.75. The molecule has 6 heteroatoms. The molecule has 0 saturated heterocycles. The molecule has 0 unspecified atom stereocenters. The van der Waals surface area contributed by atoms with Crippen LogP contribution >= 0.6 is 12.2 Å². The third-order valence-corrected chi connectivity index (χ3v) is 4.43. The normalized spacial score (nSPS) is 11.2. The second kappa shape index (κ2) is 6.13. The molecule has 20 heavy (non-hydrogen) atoms. The van der Waals surface area contributed by atoms with Crippen LogP contribution < -0.4 is 10.5 Å². The number of hydrogen-bond donors (Lipinski definition) is 2. The Kier molecular flexibility index (Phi) is 4.49. The van der Waals surface area contributed by atoms with Gasteiger partial charge in [0.2, 0.25) is 10.0 Å². The lowest BCUT2D eigenvalue weighted by Crippen LogP contribution is -2.26. The van der Waals surface area contributed by atoms with Crippen LogP contribution in [-0.2, 0) is 16.6 Å². The first-order chi connectivity index (χ1) is 9.50. The van der Waals surface area contributed by atoms with Crippen LogP contribution in [0.5, 0.6) is 0 Å². The molecular weight excluding hydrogens is 292 g/mol. The molecule has 2 rings (SSSR count). The van der Waals surface area contributed by atoms with E-state index in [9.17, 15) is 8.42 Å². The Bertz CT molecular complexity index is 713. The second-order valence-electron chi connectivity index (χ2n) is 4.17. The molecule has 2 aromatic rings. The van der Waals surface area contributed by atoms with Crippen molar-refractivity contribution in [3.8, 4) is 0 Å². The van der Waals surface area contributed by atoms with Crippen molar-refractivity contribution in [3.05, 3.63) is 65.7 Å².